The molecule has 0 heterocycles. The lowest BCUT2D eigenvalue weighted by Gasteiger charge is -2.28. The van der Waals surface area contributed by atoms with Gasteiger partial charge in [-0.15, -0.1) is 0 Å². The van der Waals surface area contributed by atoms with Crippen LogP contribution in [0.15, 0.2) is 58.8 Å². The van der Waals surface area contributed by atoms with Crippen molar-refractivity contribution >= 4 is 22.7 Å². The number of azo groups is 1. The highest BCUT2D eigenvalue weighted by atomic mass is 19.1. The van der Waals surface area contributed by atoms with E-state index in [0.717, 1.165) is 5.69 Å². The highest BCUT2D eigenvalue weighted by molar-refractivity contribution is 5.53. The Balaban J connectivity index is 1.95. The molecule has 0 aliphatic heterocycles. The Labute approximate surface area is 169 Å². The van der Waals surface area contributed by atoms with Gasteiger partial charge in [-0.1, -0.05) is 0 Å². The molecule has 5 N–H and O–H groups in total. The summed E-state index contributed by atoms with van der Waals surface area (Å²) in [5.41, 5.74) is 2.99. The van der Waals surface area contributed by atoms with E-state index in [4.69, 9.17) is 5.11 Å². The fourth-order valence-corrected chi connectivity index (χ4v) is 2.61. The second-order valence-electron chi connectivity index (χ2n) is 6.64. The molecule has 0 saturated carbocycles. The predicted molar refractivity (Wildman–Crippen MR) is 110 cm³/mol. The van der Waals surface area contributed by atoms with Gasteiger partial charge < -0.3 is 30.6 Å². The van der Waals surface area contributed by atoms with Gasteiger partial charge in [0.1, 0.15) is 24.5 Å². The topological polar surface area (TPSA) is 121 Å². The fraction of sp³-hybridized carbons (Fsp3) is 0.400. The minimum Gasteiger partial charge on any atom is -0.394 e. The molecule has 2 aromatic carbocycles. The molecule has 8 nitrogen and oxygen atoms in total. The lowest BCUT2D eigenvalue weighted by molar-refractivity contribution is -0.0976. The number of alkyl halides is 1. The van der Waals surface area contributed by atoms with Crippen LogP contribution < -0.4 is 10.2 Å². The normalized spacial score (nSPS) is 15.7. The molecule has 0 saturated heterocycles. The van der Waals surface area contributed by atoms with E-state index in [9.17, 15) is 19.7 Å². The van der Waals surface area contributed by atoms with Crippen LogP contribution in [0.2, 0.25) is 0 Å². The summed E-state index contributed by atoms with van der Waals surface area (Å²) in [7, 11) is 3.47. The SMILES string of the molecule is CNc1ccc(/N=N/c2ccc(N(C)C[C@@H](F)C(O)C(O)C(O)CO)cc2)cc1. The number of aliphatic hydroxyl groups excluding tert-OH is 4. The van der Waals surface area contributed by atoms with E-state index in [1.165, 1.54) is 0 Å². The number of benzene rings is 2. The van der Waals surface area contributed by atoms with Crippen LogP contribution in [0.5, 0.6) is 0 Å². The molecular weight excluding hydrogens is 379 g/mol. The minimum atomic E-state index is -1.82. The molecule has 0 aliphatic rings. The zero-order valence-corrected chi connectivity index (χ0v) is 16.4. The molecule has 4 atom stereocenters. The van der Waals surface area contributed by atoms with Gasteiger partial charge in [-0.05, 0) is 48.5 Å². The summed E-state index contributed by atoms with van der Waals surface area (Å²) in [6.45, 7) is -0.981. The molecule has 0 bridgehead atoms. The molecule has 158 valence electrons. The predicted octanol–water partition coefficient (Wildman–Crippen LogP) is 1.99. The quantitative estimate of drug-likeness (QED) is 0.385. The third-order valence-corrected chi connectivity index (χ3v) is 4.48. The first-order chi connectivity index (χ1) is 13.8. The van der Waals surface area contributed by atoms with Crippen molar-refractivity contribution < 1.29 is 24.8 Å². The third kappa shape index (κ3) is 6.47. The van der Waals surface area contributed by atoms with Crippen molar-refractivity contribution in [3.8, 4) is 0 Å². The van der Waals surface area contributed by atoms with E-state index in [1.807, 2.05) is 31.3 Å². The van der Waals surface area contributed by atoms with Crippen LogP contribution in [0.1, 0.15) is 0 Å². The maximum atomic E-state index is 14.2. The second-order valence-corrected chi connectivity index (χ2v) is 6.64. The molecule has 9 heteroatoms. The molecule has 0 amide bonds. The van der Waals surface area contributed by atoms with Gasteiger partial charge in [0, 0.05) is 25.5 Å². The summed E-state index contributed by atoms with van der Waals surface area (Å²) in [4.78, 5) is 1.56. The Morgan fingerprint density at radius 3 is 1.93 bits per heavy atom. The number of nitrogens with zero attached hydrogens (tertiary/aromatic N) is 3. The number of aliphatic hydroxyl groups is 4. The van der Waals surface area contributed by atoms with Crippen molar-refractivity contribution in [3.63, 3.8) is 0 Å². The molecular formula is C20H27FN4O4. The average molecular weight is 406 g/mol. The molecule has 2 aromatic rings. The third-order valence-electron chi connectivity index (χ3n) is 4.48. The van der Waals surface area contributed by atoms with E-state index in [0.29, 0.717) is 17.1 Å². The van der Waals surface area contributed by atoms with Crippen molar-refractivity contribution in [3.05, 3.63) is 48.5 Å². The Hall–Kier alpha value is -2.59. The van der Waals surface area contributed by atoms with Crippen molar-refractivity contribution in [2.24, 2.45) is 10.2 Å². The second kappa shape index (κ2) is 10.8. The van der Waals surface area contributed by atoms with Crippen molar-refractivity contribution in [2.75, 3.05) is 37.5 Å². The number of rotatable bonds is 10. The van der Waals surface area contributed by atoms with Crippen LogP contribution in [0, 0.1) is 0 Å². The summed E-state index contributed by atoms with van der Waals surface area (Å²) in [5.74, 6) is 0. The number of nitrogens with one attached hydrogen (secondary N) is 1. The van der Waals surface area contributed by atoms with Crippen LogP contribution in [0.25, 0.3) is 0 Å². The molecule has 0 radical (unpaired) electrons. The summed E-state index contributed by atoms with van der Waals surface area (Å²) in [6, 6.07) is 14.4. The van der Waals surface area contributed by atoms with Gasteiger partial charge in [-0.25, -0.2) is 4.39 Å². The number of anilines is 2. The van der Waals surface area contributed by atoms with Crippen LogP contribution in [-0.2, 0) is 0 Å². The Morgan fingerprint density at radius 2 is 1.45 bits per heavy atom. The Bertz CT molecular complexity index is 773. The van der Waals surface area contributed by atoms with Crippen molar-refractivity contribution in [2.45, 2.75) is 24.5 Å². The summed E-state index contributed by atoms with van der Waals surface area (Å²) in [5, 5.41) is 48.9. The Kier molecular flexibility index (Phi) is 8.47. The maximum Gasteiger partial charge on any atom is 0.146 e. The summed E-state index contributed by atoms with van der Waals surface area (Å²) >= 11 is 0. The maximum absolute atomic E-state index is 14.2. The van der Waals surface area contributed by atoms with Gasteiger partial charge in [-0.2, -0.15) is 10.2 Å². The van der Waals surface area contributed by atoms with Crippen LogP contribution in [-0.4, -0.2) is 72.2 Å². The molecule has 0 aliphatic carbocycles. The van der Waals surface area contributed by atoms with E-state index in [-0.39, 0.29) is 6.54 Å². The molecule has 29 heavy (non-hydrogen) atoms. The van der Waals surface area contributed by atoms with Gasteiger partial charge in [-0.3, -0.25) is 0 Å². The molecule has 0 fully saturated rings. The first kappa shape index (κ1) is 22.7. The van der Waals surface area contributed by atoms with E-state index < -0.39 is 31.1 Å². The van der Waals surface area contributed by atoms with E-state index >= 15 is 0 Å². The zero-order chi connectivity index (χ0) is 21.4. The molecule has 0 spiro atoms. The monoisotopic (exact) mass is 406 g/mol. The van der Waals surface area contributed by atoms with Gasteiger partial charge >= 0.3 is 0 Å². The molecule has 3 unspecified atom stereocenters. The lowest BCUT2D eigenvalue weighted by atomic mass is 10.0. The van der Waals surface area contributed by atoms with Crippen LogP contribution >= 0.6 is 0 Å². The highest BCUT2D eigenvalue weighted by Gasteiger charge is 2.31. The highest BCUT2D eigenvalue weighted by Crippen LogP contribution is 2.23. The number of halogens is 1. The van der Waals surface area contributed by atoms with Gasteiger partial charge in [0.15, 0.2) is 0 Å². The van der Waals surface area contributed by atoms with Crippen molar-refractivity contribution in [1.29, 1.82) is 0 Å². The first-order valence-electron chi connectivity index (χ1n) is 9.15. The lowest BCUT2D eigenvalue weighted by Crippen LogP contribution is -2.47. The summed E-state index contributed by atoms with van der Waals surface area (Å²) in [6.07, 6.45) is -7.01. The average Bonchev–Trinajstić information content (AvgIpc) is 2.76. The largest absolute Gasteiger partial charge is 0.394 e. The smallest absolute Gasteiger partial charge is 0.146 e. The van der Waals surface area contributed by atoms with E-state index in [2.05, 4.69) is 15.5 Å². The van der Waals surface area contributed by atoms with Gasteiger partial charge in [0.25, 0.3) is 0 Å². The molecule has 0 aromatic heterocycles. The summed E-state index contributed by atoms with van der Waals surface area (Å²) < 4.78 is 14.2. The van der Waals surface area contributed by atoms with E-state index in [1.54, 1.807) is 36.2 Å². The Morgan fingerprint density at radius 1 is 0.931 bits per heavy atom. The van der Waals surface area contributed by atoms with Gasteiger partial charge in [0.2, 0.25) is 0 Å². The van der Waals surface area contributed by atoms with Crippen LogP contribution in [0.3, 0.4) is 0 Å². The zero-order valence-electron chi connectivity index (χ0n) is 16.4. The van der Waals surface area contributed by atoms with Gasteiger partial charge in [0.05, 0.1) is 24.5 Å². The number of hydrogen-bond donors (Lipinski definition) is 5. The van der Waals surface area contributed by atoms with Crippen molar-refractivity contribution in [1.82, 2.24) is 0 Å². The van der Waals surface area contributed by atoms with Crippen LogP contribution in [0.4, 0.5) is 27.1 Å². The number of hydrogen-bond acceptors (Lipinski definition) is 8. The standard InChI is InChI=1S/C20H27FN4O4/c1-22-13-3-5-14(6-4-13)23-24-15-7-9-16(10-8-15)25(2)11-17(21)19(28)20(29)18(27)12-26/h3-10,17-20,22,26-29H,11-12H2,1-2H3/b24-23+/t17-,18?,19?,20?/m1/s1. The first-order valence-corrected chi connectivity index (χ1v) is 9.15. The minimum absolute atomic E-state index is 0.213. The fourth-order valence-electron chi connectivity index (χ4n) is 2.61. The molecule has 2 rings (SSSR count).